The predicted molar refractivity (Wildman–Crippen MR) is 52.8 cm³/mol. The first-order valence-corrected chi connectivity index (χ1v) is 5.83. The number of benzene rings is 1. The molecule has 17 heavy (non-hydrogen) atoms. The third-order valence-electron chi connectivity index (χ3n) is 2.06. The average molecular weight is 262 g/mol. The van der Waals surface area contributed by atoms with Gasteiger partial charge in [0.1, 0.15) is 10.4 Å². The zero-order valence-corrected chi connectivity index (χ0v) is 8.96. The zero-order chi connectivity index (χ0) is 12.7. The minimum atomic E-state index is -5.41. The van der Waals surface area contributed by atoms with Crippen LogP contribution in [0.25, 0.3) is 11.0 Å². The monoisotopic (exact) mass is 262 g/mol. The number of hydrogen-bond donors (Lipinski definition) is 0. The molecule has 0 spiro atoms. The van der Waals surface area contributed by atoms with Crippen molar-refractivity contribution in [1.29, 1.82) is 0 Å². The molecule has 2 aromatic rings. The largest absolute Gasteiger partial charge is 0.501 e. The summed E-state index contributed by atoms with van der Waals surface area (Å²) in [5.74, 6) is 0. The first kappa shape index (κ1) is 11.8. The topological polar surface area (TPSA) is 59.9 Å². The lowest BCUT2D eigenvalue weighted by Crippen LogP contribution is -2.23. The van der Waals surface area contributed by atoms with Gasteiger partial charge in [-0.25, -0.2) is 8.42 Å². The summed E-state index contributed by atoms with van der Waals surface area (Å²) in [5, 5.41) is 0. The number of aromatic nitrogens is 2. The van der Waals surface area contributed by atoms with Crippen molar-refractivity contribution in [2.45, 2.75) is 10.4 Å². The van der Waals surface area contributed by atoms with Gasteiger partial charge in [0.15, 0.2) is 0 Å². The Morgan fingerprint density at radius 2 is 1.71 bits per heavy atom. The molecule has 1 aromatic carbocycles. The van der Waals surface area contributed by atoms with Crippen LogP contribution in [0.1, 0.15) is 0 Å². The maximum absolute atomic E-state index is 12.4. The van der Waals surface area contributed by atoms with Crippen LogP contribution < -0.4 is 0 Å². The molecule has 0 amide bonds. The van der Waals surface area contributed by atoms with Crippen molar-refractivity contribution in [2.24, 2.45) is 0 Å². The van der Waals surface area contributed by atoms with Gasteiger partial charge in [-0.05, 0) is 12.1 Å². The quantitative estimate of drug-likeness (QED) is 0.787. The summed E-state index contributed by atoms with van der Waals surface area (Å²) in [6.07, 6.45) is 2.41. The van der Waals surface area contributed by atoms with E-state index in [4.69, 9.17) is 0 Å². The van der Waals surface area contributed by atoms with Crippen LogP contribution >= 0.6 is 0 Å². The van der Waals surface area contributed by atoms with E-state index in [0.29, 0.717) is 0 Å². The van der Waals surface area contributed by atoms with E-state index in [1.807, 2.05) is 0 Å². The van der Waals surface area contributed by atoms with Crippen LogP contribution in [0.2, 0.25) is 0 Å². The van der Waals surface area contributed by atoms with Crippen molar-refractivity contribution in [3.05, 3.63) is 30.6 Å². The van der Waals surface area contributed by atoms with Gasteiger partial charge in [0.25, 0.3) is 9.84 Å². The molecule has 4 nitrogen and oxygen atoms in total. The third kappa shape index (κ3) is 1.84. The fourth-order valence-corrected chi connectivity index (χ4v) is 2.23. The molecule has 2 rings (SSSR count). The summed E-state index contributed by atoms with van der Waals surface area (Å²) in [4.78, 5) is 6.48. The van der Waals surface area contributed by atoms with E-state index in [1.54, 1.807) is 0 Å². The molecule has 0 atom stereocenters. The van der Waals surface area contributed by atoms with Crippen LogP contribution in [-0.4, -0.2) is 23.9 Å². The van der Waals surface area contributed by atoms with Gasteiger partial charge in [-0.2, -0.15) is 13.2 Å². The molecule has 8 heteroatoms. The van der Waals surface area contributed by atoms with Gasteiger partial charge >= 0.3 is 5.51 Å². The Morgan fingerprint density at radius 1 is 1.06 bits per heavy atom. The summed E-state index contributed by atoms with van der Waals surface area (Å²) in [6.45, 7) is 0. The Balaban J connectivity index is 2.82. The smallest absolute Gasteiger partial charge is 0.253 e. The van der Waals surface area contributed by atoms with Crippen LogP contribution in [0, 0.1) is 0 Å². The molecule has 0 radical (unpaired) electrons. The highest BCUT2D eigenvalue weighted by molar-refractivity contribution is 7.92. The lowest BCUT2D eigenvalue weighted by molar-refractivity contribution is -0.0435. The van der Waals surface area contributed by atoms with E-state index in [-0.39, 0.29) is 11.0 Å². The standard InChI is InChI=1S/C9H5F3N2O2S/c10-9(11,12)17(15,16)7-3-1-2-6-8(7)14-5-4-13-6/h1-5H. The highest BCUT2D eigenvalue weighted by atomic mass is 32.2. The second kappa shape index (κ2) is 3.66. The van der Waals surface area contributed by atoms with Crippen LogP contribution in [-0.2, 0) is 9.84 Å². The van der Waals surface area contributed by atoms with Crippen molar-refractivity contribution in [3.8, 4) is 0 Å². The number of sulfone groups is 1. The highest BCUT2D eigenvalue weighted by Gasteiger charge is 2.47. The molecule has 0 aliphatic heterocycles. The summed E-state index contributed by atoms with van der Waals surface area (Å²) >= 11 is 0. The highest BCUT2D eigenvalue weighted by Crippen LogP contribution is 2.32. The molecular formula is C9H5F3N2O2S. The Bertz CT molecular complexity index is 662. The van der Waals surface area contributed by atoms with Gasteiger partial charge in [0.2, 0.25) is 0 Å². The molecule has 0 saturated carbocycles. The van der Waals surface area contributed by atoms with Gasteiger partial charge in [0, 0.05) is 12.4 Å². The second-order valence-corrected chi connectivity index (χ2v) is 5.04. The normalized spacial score (nSPS) is 12.9. The third-order valence-corrected chi connectivity index (χ3v) is 3.57. The first-order valence-electron chi connectivity index (χ1n) is 4.35. The van der Waals surface area contributed by atoms with Gasteiger partial charge in [0.05, 0.1) is 5.52 Å². The molecule has 0 N–H and O–H groups in total. The van der Waals surface area contributed by atoms with Gasteiger partial charge < -0.3 is 0 Å². The lowest BCUT2D eigenvalue weighted by atomic mass is 10.3. The number of halogens is 3. The fraction of sp³-hybridized carbons (Fsp3) is 0.111. The number of fused-ring (bicyclic) bond motifs is 1. The number of hydrogen-bond acceptors (Lipinski definition) is 4. The zero-order valence-electron chi connectivity index (χ0n) is 8.14. The van der Waals surface area contributed by atoms with E-state index in [0.717, 1.165) is 12.3 Å². The Kier molecular flexibility index (Phi) is 2.53. The van der Waals surface area contributed by atoms with Crippen LogP contribution in [0.5, 0.6) is 0 Å². The van der Waals surface area contributed by atoms with Crippen molar-refractivity contribution in [1.82, 2.24) is 9.97 Å². The average Bonchev–Trinajstić information content (AvgIpc) is 2.26. The predicted octanol–water partition coefficient (Wildman–Crippen LogP) is 1.92. The SMILES string of the molecule is O=S(=O)(c1cccc2nccnc12)C(F)(F)F. The molecule has 0 fully saturated rings. The molecule has 1 heterocycles. The van der Waals surface area contributed by atoms with E-state index in [2.05, 4.69) is 9.97 Å². The molecule has 1 aromatic heterocycles. The molecule has 0 saturated heterocycles. The molecule has 0 bridgehead atoms. The summed E-state index contributed by atoms with van der Waals surface area (Å²) in [5.41, 5.74) is -5.54. The molecule has 90 valence electrons. The van der Waals surface area contributed by atoms with Crippen molar-refractivity contribution in [3.63, 3.8) is 0 Å². The minimum Gasteiger partial charge on any atom is -0.253 e. The maximum Gasteiger partial charge on any atom is 0.501 e. The lowest BCUT2D eigenvalue weighted by Gasteiger charge is -2.09. The summed E-state index contributed by atoms with van der Waals surface area (Å²) < 4.78 is 59.8. The van der Waals surface area contributed by atoms with Crippen molar-refractivity contribution >= 4 is 20.9 Å². The molecule has 0 aliphatic rings. The van der Waals surface area contributed by atoms with Crippen LogP contribution in [0.15, 0.2) is 35.5 Å². The number of nitrogens with zero attached hydrogens (tertiary/aromatic N) is 2. The van der Waals surface area contributed by atoms with E-state index in [9.17, 15) is 21.6 Å². The van der Waals surface area contributed by atoms with Crippen molar-refractivity contribution in [2.75, 3.05) is 0 Å². The summed E-state index contributed by atoms with van der Waals surface area (Å²) in [6, 6.07) is 3.44. The number of rotatable bonds is 1. The maximum atomic E-state index is 12.4. The van der Waals surface area contributed by atoms with E-state index in [1.165, 1.54) is 18.3 Å². The minimum absolute atomic E-state index is 0.0952. The molecular weight excluding hydrogens is 257 g/mol. The molecule has 0 aliphatic carbocycles. The van der Waals surface area contributed by atoms with Gasteiger partial charge in [-0.1, -0.05) is 6.07 Å². The first-order chi connectivity index (χ1) is 7.84. The van der Waals surface area contributed by atoms with Gasteiger partial charge in [-0.15, -0.1) is 0 Å². The van der Waals surface area contributed by atoms with Crippen LogP contribution in [0.4, 0.5) is 13.2 Å². The van der Waals surface area contributed by atoms with E-state index < -0.39 is 20.2 Å². The van der Waals surface area contributed by atoms with Crippen molar-refractivity contribution < 1.29 is 21.6 Å². The number of alkyl halides is 3. The Hall–Kier alpha value is -1.70. The van der Waals surface area contributed by atoms with Gasteiger partial charge in [-0.3, -0.25) is 9.97 Å². The van der Waals surface area contributed by atoms with Crippen LogP contribution in [0.3, 0.4) is 0 Å². The fourth-order valence-electron chi connectivity index (χ4n) is 1.31. The Morgan fingerprint density at radius 3 is 2.35 bits per heavy atom. The number of para-hydroxylation sites is 1. The van der Waals surface area contributed by atoms with E-state index >= 15 is 0 Å². The molecule has 0 unspecified atom stereocenters. The summed E-state index contributed by atoms with van der Waals surface area (Å²) in [7, 11) is -5.41. The second-order valence-electron chi connectivity index (χ2n) is 3.13. The Labute approximate surface area is 94.0 Å².